The molecule has 3 rings (SSSR count). The number of rotatable bonds is 3. The highest BCUT2D eigenvalue weighted by Gasteiger charge is 2.65. The maximum Gasteiger partial charge on any atom is 0.336 e. The minimum atomic E-state index is -1.11. The van der Waals surface area contributed by atoms with Crippen LogP contribution in [0.1, 0.15) is 11.1 Å². The van der Waals surface area contributed by atoms with Crippen molar-refractivity contribution in [1.29, 1.82) is 0 Å². The third-order valence-corrected chi connectivity index (χ3v) is 4.05. The van der Waals surface area contributed by atoms with Crippen molar-refractivity contribution < 1.29 is 14.6 Å². The summed E-state index contributed by atoms with van der Waals surface area (Å²) < 4.78 is 5.53. The molecule has 0 bridgehead atoms. The number of halogens is 2. The first kappa shape index (κ1) is 13.4. The van der Waals surface area contributed by atoms with Crippen LogP contribution in [0.15, 0.2) is 48.5 Å². The number of carbonyl (C=O) groups is 1. The summed E-state index contributed by atoms with van der Waals surface area (Å²) in [5, 5.41) is 10.2. The summed E-state index contributed by atoms with van der Waals surface area (Å²) in [5.74, 6) is -1.04. The van der Waals surface area contributed by atoms with Crippen molar-refractivity contribution in [3.05, 3.63) is 69.7 Å². The smallest absolute Gasteiger partial charge is 0.336 e. The Morgan fingerprint density at radius 2 is 1.45 bits per heavy atom. The molecule has 0 aromatic heterocycles. The second-order valence-electron chi connectivity index (χ2n) is 4.53. The summed E-state index contributed by atoms with van der Waals surface area (Å²) in [6.07, 6.45) is -0.984. The van der Waals surface area contributed by atoms with E-state index in [2.05, 4.69) is 0 Å². The SMILES string of the molecule is O=C(O)[C@@H]1OC1(c1ccccc1Cl)c1ccccc1Cl. The van der Waals surface area contributed by atoms with Gasteiger partial charge in [0.1, 0.15) is 0 Å². The summed E-state index contributed by atoms with van der Waals surface area (Å²) in [7, 11) is 0. The number of benzene rings is 2. The van der Waals surface area contributed by atoms with Gasteiger partial charge in [0.15, 0.2) is 11.7 Å². The van der Waals surface area contributed by atoms with Gasteiger partial charge in [0, 0.05) is 21.2 Å². The van der Waals surface area contributed by atoms with Crippen molar-refractivity contribution >= 4 is 29.2 Å². The first-order chi connectivity index (χ1) is 9.57. The topological polar surface area (TPSA) is 49.8 Å². The lowest BCUT2D eigenvalue weighted by Gasteiger charge is -2.16. The van der Waals surface area contributed by atoms with E-state index in [1.54, 1.807) is 48.5 Å². The zero-order chi connectivity index (χ0) is 14.3. The second kappa shape index (κ2) is 4.77. The average Bonchev–Trinajstić information content (AvgIpc) is 3.16. The Balaban J connectivity index is 2.21. The van der Waals surface area contributed by atoms with Gasteiger partial charge in [0.05, 0.1) is 0 Å². The largest absolute Gasteiger partial charge is 0.479 e. The van der Waals surface area contributed by atoms with Gasteiger partial charge >= 0.3 is 5.97 Å². The molecule has 3 nitrogen and oxygen atoms in total. The van der Waals surface area contributed by atoms with Gasteiger partial charge in [-0.25, -0.2) is 4.79 Å². The third-order valence-electron chi connectivity index (χ3n) is 3.39. The summed E-state index contributed by atoms with van der Waals surface area (Å²) in [6.45, 7) is 0. The Labute approximate surface area is 125 Å². The van der Waals surface area contributed by atoms with E-state index in [0.717, 1.165) is 0 Å². The van der Waals surface area contributed by atoms with E-state index >= 15 is 0 Å². The number of hydrogen-bond donors (Lipinski definition) is 1. The Morgan fingerprint density at radius 3 is 1.80 bits per heavy atom. The standard InChI is InChI=1S/C15H10Cl2O3/c16-11-7-3-1-5-9(11)15(13(20-15)14(18)19)10-6-2-4-8-12(10)17/h1-8,13H,(H,18,19)/t13-/m0/s1. The van der Waals surface area contributed by atoms with Gasteiger partial charge in [0.25, 0.3) is 0 Å². The van der Waals surface area contributed by atoms with Crippen LogP contribution in [0.3, 0.4) is 0 Å². The van der Waals surface area contributed by atoms with Crippen LogP contribution < -0.4 is 0 Å². The minimum Gasteiger partial charge on any atom is -0.479 e. The normalized spacial score (nSPS) is 19.6. The fraction of sp³-hybridized carbons (Fsp3) is 0.133. The van der Waals surface area contributed by atoms with Crippen LogP contribution in [0.4, 0.5) is 0 Å². The molecular weight excluding hydrogens is 299 g/mol. The van der Waals surface area contributed by atoms with Crippen LogP contribution >= 0.6 is 23.2 Å². The molecule has 20 heavy (non-hydrogen) atoms. The predicted molar refractivity (Wildman–Crippen MR) is 76.2 cm³/mol. The van der Waals surface area contributed by atoms with Crippen molar-refractivity contribution in [1.82, 2.24) is 0 Å². The van der Waals surface area contributed by atoms with E-state index < -0.39 is 17.7 Å². The molecule has 1 saturated heterocycles. The van der Waals surface area contributed by atoms with Crippen LogP contribution in [0.5, 0.6) is 0 Å². The Bertz CT molecular complexity index is 639. The van der Waals surface area contributed by atoms with Crippen molar-refractivity contribution in [2.24, 2.45) is 0 Å². The van der Waals surface area contributed by atoms with Crippen molar-refractivity contribution in [3.63, 3.8) is 0 Å². The van der Waals surface area contributed by atoms with Gasteiger partial charge in [-0.05, 0) is 12.1 Å². The Kier molecular flexibility index (Phi) is 3.21. The number of aliphatic carboxylic acids is 1. The molecule has 1 aliphatic heterocycles. The quantitative estimate of drug-likeness (QED) is 0.879. The number of hydrogen-bond acceptors (Lipinski definition) is 2. The first-order valence-electron chi connectivity index (χ1n) is 5.98. The van der Waals surface area contributed by atoms with Crippen LogP contribution in [0.2, 0.25) is 10.0 Å². The van der Waals surface area contributed by atoms with Crippen molar-refractivity contribution in [2.75, 3.05) is 0 Å². The van der Waals surface area contributed by atoms with E-state index in [0.29, 0.717) is 21.2 Å². The average molecular weight is 309 g/mol. The van der Waals surface area contributed by atoms with Crippen LogP contribution in [-0.4, -0.2) is 17.2 Å². The molecule has 0 amide bonds. The molecule has 0 unspecified atom stereocenters. The van der Waals surface area contributed by atoms with Gasteiger partial charge in [-0.3, -0.25) is 0 Å². The van der Waals surface area contributed by atoms with E-state index in [1.165, 1.54) is 0 Å². The van der Waals surface area contributed by atoms with Crippen molar-refractivity contribution in [2.45, 2.75) is 11.7 Å². The van der Waals surface area contributed by atoms with Gasteiger partial charge < -0.3 is 9.84 Å². The molecule has 1 heterocycles. The molecule has 0 saturated carbocycles. The molecule has 0 radical (unpaired) electrons. The number of epoxide rings is 1. The lowest BCUT2D eigenvalue weighted by molar-refractivity contribution is -0.138. The van der Waals surface area contributed by atoms with Crippen molar-refractivity contribution in [3.8, 4) is 0 Å². The Morgan fingerprint density at radius 1 is 1.00 bits per heavy atom. The number of carboxylic acids is 1. The molecule has 0 aliphatic carbocycles. The molecule has 1 fully saturated rings. The summed E-state index contributed by atoms with van der Waals surface area (Å²) in [6, 6.07) is 14.1. The monoisotopic (exact) mass is 308 g/mol. The highest BCUT2D eigenvalue weighted by molar-refractivity contribution is 6.32. The molecule has 2 aromatic carbocycles. The van der Waals surface area contributed by atoms with E-state index in [4.69, 9.17) is 27.9 Å². The molecule has 1 aliphatic rings. The summed E-state index contributed by atoms with van der Waals surface area (Å²) >= 11 is 12.4. The Hall–Kier alpha value is -1.55. The van der Waals surface area contributed by atoms with E-state index in [1.807, 2.05) is 0 Å². The van der Waals surface area contributed by atoms with Crippen LogP contribution in [0, 0.1) is 0 Å². The number of ether oxygens (including phenoxy) is 1. The molecule has 1 atom stereocenters. The van der Waals surface area contributed by atoms with Gasteiger partial charge in [-0.15, -0.1) is 0 Å². The fourth-order valence-electron chi connectivity index (χ4n) is 2.46. The molecule has 5 heteroatoms. The minimum absolute atomic E-state index is 0.455. The van der Waals surface area contributed by atoms with E-state index in [9.17, 15) is 9.90 Å². The molecule has 1 N–H and O–H groups in total. The van der Waals surface area contributed by atoms with Gasteiger partial charge in [-0.2, -0.15) is 0 Å². The first-order valence-corrected chi connectivity index (χ1v) is 6.73. The zero-order valence-corrected chi connectivity index (χ0v) is 11.7. The van der Waals surface area contributed by atoms with E-state index in [-0.39, 0.29) is 0 Å². The predicted octanol–water partition coefficient (Wildman–Crippen LogP) is 3.72. The highest BCUT2D eigenvalue weighted by atomic mass is 35.5. The number of carboxylic acid groups (broad SMARTS) is 1. The maximum absolute atomic E-state index is 11.3. The highest BCUT2D eigenvalue weighted by Crippen LogP contribution is 2.55. The molecule has 2 aromatic rings. The molecule has 102 valence electrons. The lowest BCUT2D eigenvalue weighted by Crippen LogP contribution is -2.21. The van der Waals surface area contributed by atoms with Crippen LogP contribution in [0.25, 0.3) is 0 Å². The third kappa shape index (κ3) is 1.90. The summed E-state index contributed by atoms with van der Waals surface area (Å²) in [5.41, 5.74) is 0.118. The van der Waals surface area contributed by atoms with Crippen LogP contribution in [-0.2, 0) is 15.1 Å². The second-order valence-corrected chi connectivity index (χ2v) is 5.35. The fourth-order valence-corrected chi connectivity index (χ4v) is 3.01. The van der Waals surface area contributed by atoms with Gasteiger partial charge in [-0.1, -0.05) is 59.6 Å². The molecule has 0 spiro atoms. The summed E-state index contributed by atoms with van der Waals surface area (Å²) in [4.78, 5) is 11.3. The lowest BCUT2D eigenvalue weighted by atomic mass is 9.87. The zero-order valence-electron chi connectivity index (χ0n) is 10.2. The molecular formula is C15H10Cl2O3. The van der Waals surface area contributed by atoms with Gasteiger partial charge in [0.2, 0.25) is 0 Å². The maximum atomic E-state index is 11.3.